The molecule has 1 N–H and O–H groups in total. The van der Waals surface area contributed by atoms with Gasteiger partial charge in [-0.05, 0) is 32.1 Å². The number of esters is 1. The molecule has 0 amide bonds. The van der Waals surface area contributed by atoms with Gasteiger partial charge in [-0.2, -0.15) is 0 Å². The Labute approximate surface area is 146 Å². The van der Waals surface area contributed by atoms with Gasteiger partial charge in [-0.15, -0.1) is 12.4 Å². The van der Waals surface area contributed by atoms with Gasteiger partial charge in [0.25, 0.3) is 0 Å². The summed E-state index contributed by atoms with van der Waals surface area (Å²) < 4.78 is 10.5. The minimum Gasteiger partial charge on any atom is -0.507 e. The van der Waals surface area contributed by atoms with E-state index < -0.39 is 5.97 Å². The van der Waals surface area contributed by atoms with Crippen LogP contribution >= 0.6 is 12.4 Å². The van der Waals surface area contributed by atoms with Gasteiger partial charge < -0.3 is 14.3 Å². The van der Waals surface area contributed by atoms with E-state index in [1.54, 1.807) is 6.92 Å². The van der Waals surface area contributed by atoms with Crippen LogP contribution in [-0.4, -0.2) is 35.7 Å². The minimum absolute atomic E-state index is 0. The van der Waals surface area contributed by atoms with Gasteiger partial charge >= 0.3 is 5.97 Å². The normalized spacial score (nSPS) is 10.7. The Morgan fingerprint density at radius 1 is 1.25 bits per heavy atom. The van der Waals surface area contributed by atoms with Gasteiger partial charge in [0.2, 0.25) is 5.76 Å². The summed E-state index contributed by atoms with van der Waals surface area (Å²) in [6.07, 6.45) is 0. The molecule has 0 atom stereocenters. The lowest BCUT2D eigenvalue weighted by Gasteiger charge is -2.19. The molecule has 2 aromatic rings. The quantitative estimate of drug-likeness (QED) is 0.802. The molecule has 0 aliphatic rings. The number of aromatic hydroxyl groups is 1. The number of benzene rings is 1. The van der Waals surface area contributed by atoms with Crippen LogP contribution in [-0.2, 0) is 11.3 Å². The number of ether oxygens (including phenoxy) is 1. The lowest BCUT2D eigenvalue weighted by atomic mass is 10.1. The maximum Gasteiger partial charge on any atom is 0.374 e. The number of phenolic OH excluding ortho intramolecular Hbond substituents is 1. The third-order valence-electron chi connectivity index (χ3n) is 3.73. The van der Waals surface area contributed by atoms with Crippen molar-refractivity contribution in [2.24, 2.45) is 0 Å². The van der Waals surface area contributed by atoms with Crippen LogP contribution in [0.25, 0.3) is 11.0 Å². The molecule has 2 rings (SSSR count). The number of nitrogens with zero attached hydrogens (tertiary/aromatic N) is 1. The molecule has 0 bridgehead atoms. The number of hydrogen-bond acceptors (Lipinski definition) is 6. The fraction of sp³-hybridized carbons (Fsp3) is 0.412. The first kappa shape index (κ1) is 20.0. The van der Waals surface area contributed by atoms with Crippen LogP contribution in [0.15, 0.2) is 27.4 Å². The largest absolute Gasteiger partial charge is 0.507 e. The fourth-order valence-electron chi connectivity index (χ4n) is 2.39. The molecular formula is C17H22ClNO5. The van der Waals surface area contributed by atoms with E-state index in [9.17, 15) is 14.7 Å². The molecular weight excluding hydrogens is 334 g/mol. The highest BCUT2D eigenvalue weighted by Gasteiger charge is 2.18. The molecule has 6 nitrogen and oxygen atoms in total. The second kappa shape index (κ2) is 8.70. The number of carbonyl (C=O) groups is 1. The van der Waals surface area contributed by atoms with Crippen LogP contribution in [0.3, 0.4) is 0 Å². The van der Waals surface area contributed by atoms with Gasteiger partial charge in [-0.25, -0.2) is 4.79 Å². The maximum atomic E-state index is 12.2. The van der Waals surface area contributed by atoms with Gasteiger partial charge in [0, 0.05) is 12.6 Å². The van der Waals surface area contributed by atoms with Crippen molar-refractivity contribution in [3.63, 3.8) is 0 Å². The summed E-state index contributed by atoms with van der Waals surface area (Å²) >= 11 is 0. The van der Waals surface area contributed by atoms with Crippen LogP contribution in [0, 0.1) is 0 Å². The zero-order chi connectivity index (χ0) is 17.0. The summed E-state index contributed by atoms with van der Waals surface area (Å²) in [5, 5.41) is 10.5. The predicted octanol–water partition coefficient (Wildman–Crippen LogP) is 2.94. The Bertz CT molecular complexity index is 767. The van der Waals surface area contributed by atoms with Crippen LogP contribution in [0.1, 0.15) is 36.9 Å². The number of hydrogen-bond donors (Lipinski definition) is 1. The molecule has 1 aromatic heterocycles. The Hall–Kier alpha value is -2.05. The van der Waals surface area contributed by atoms with Crippen LogP contribution < -0.4 is 5.43 Å². The summed E-state index contributed by atoms with van der Waals surface area (Å²) in [6.45, 7) is 7.87. The Morgan fingerprint density at radius 3 is 2.50 bits per heavy atom. The monoisotopic (exact) mass is 355 g/mol. The zero-order valence-electron chi connectivity index (χ0n) is 14.0. The lowest BCUT2D eigenvalue weighted by Crippen LogP contribution is -2.22. The topological polar surface area (TPSA) is 80.0 Å². The number of rotatable bonds is 6. The van der Waals surface area contributed by atoms with Crippen molar-refractivity contribution < 1.29 is 19.1 Å². The molecule has 0 unspecified atom stereocenters. The van der Waals surface area contributed by atoms with Crippen molar-refractivity contribution in [2.75, 3.05) is 19.7 Å². The Morgan fingerprint density at radius 2 is 1.92 bits per heavy atom. The highest BCUT2D eigenvalue weighted by molar-refractivity contribution is 5.90. The Balaban J connectivity index is 0.00000288. The van der Waals surface area contributed by atoms with E-state index >= 15 is 0 Å². The number of phenols is 1. The van der Waals surface area contributed by atoms with Crippen LogP contribution in [0.2, 0.25) is 0 Å². The van der Waals surface area contributed by atoms with Crippen molar-refractivity contribution >= 4 is 29.3 Å². The van der Waals surface area contributed by atoms with E-state index in [-0.39, 0.29) is 41.5 Å². The van der Waals surface area contributed by atoms with Gasteiger partial charge in [0.1, 0.15) is 11.3 Å². The average Bonchev–Trinajstić information content (AvgIpc) is 2.54. The number of carbonyl (C=O) groups excluding carboxylic acids is 1. The third kappa shape index (κ3) is 4.07. The van der Waals surface area contributed by atoms with E-state index in [4.69, 9.17) is 9.15 Å². The second-order valence-electron chi connectivity index (χ2n) is 5.10. The van der Waals surface area contributed by atoms with Crippen LogP contribution in [0.4, 0.5) is 0 Å². The fourth-order valence-corrected chi connectivity index (χ4v) is 2.39. The van der Waals surface area contributed by atoms with Crippen LogP contribution in [0.5, 0.6) is 5.75 Å². The highest BCUT2D eigenvalue weighted by atomic mass is 35.5. The van der Waals surface area contributed by atoms with E-state index in [1.807, 2.05) is 13.8 Å². The van der Waals surface area contributed by atoms with Gasteiger partial charge in [0.15, 0.2) is 5.43 Å². The van der Waals surface area contributed by atoms with Crippen molar-refractivity contribution in [1.29, 1.82) is 0 Å². The summed E-state index contributed by atoms with van der Waals surface area (Å²) in [4.78, 5) is 26.2. The predicted molar refractivity (Wildman–Crippen MR) is 94.0 cm³/mol. The van der Waals surface area contributed by atoms with Crippen molar-refractivity contribution in [3.05, 3.63) is 39.7 Å². The average molecular weight is 356 g/mol. The third-order valence-corrected chi connectivity index (χ3v) is 3.73. The van der Waals surface area contributed by atoms with E-state index in [0.29, 0.717) is 17.5 Å². The SMILES string of the molecule is CCOC(=O)c1cc(=O)c2ccc(O)c(CN(CC)CC)c2o1.Cl. The van der Waals surface area contributed by atoms with Crippen molar-refractivity contribution in [3.8, 4) is 5.75 Å². The van der Waals surface area contributed by atoms with E-state index in [0.717, 1.165) is 19.2 Å². The molecule has 0 saturated carbocycles. The molecule has 1 heterocycles. The number of halogens is 1. The summed E-state index contributed by atoms with van der Waals surface area (Å²) in [7, 11) is 0. The van der Waals surface area contributed by atoms with Crippen molar-refractivity contribution in [2.45, 2.75) is 27.3 Å². The summed E-state index contributed by atoms with van der Waals surface area (Å²) in [5.41, 5.74) is 0.386. The maximum absolute atomic E-state index is 12.2. The van der Waals surface area contributed by atoms with Gasteiger partial charge in [-0.1, -0.05) is 13.8 Å². The summed E-state index contributed by atoms with van der Waals surface area (Å²) in [5.74, 6) is -0.812. The smallest absolute Gasteiger partial charge is 0.374 e. The standard InChI is InChI=1S/C17H21NO5.ClH/c1-4-18(5-2)10-12-13(19)8-7-11-14(20)9-15(23-16(11)12)17(21)22-6-3;/h7-9,19H,4-6,10H2,1-3H3;1H. The molecule has 0 fully saturated rings. The van der Waals surface area contributed by atoms with Gasteiger partial charge in [0.05, 0.1) is 17.6 Å². The molecule has 0 saturated heterocycles. The highest BCUT2D eigenvalue weighted by Crippen LogP contribution is 2.27. The first-order chi connectivity index (χ1) is 11.0. The molecule has 0 spiro atoms. The zero-order valence-corrected chi connectivity index (χ0v) is 14.8. The molecule has 7 heteroatoms. The van der Waals surface area contributed by atoms with E-state index in [1.165, 1.54) is 12.1 Å². The first-order valence-corrected chi connectivity index (χ1v) is 7.69. The molecule has 24 heavy (non-hydrogen) atoms. The molecule has 0 aliphatic heterocycles. The van der Waals surface area contributed by atoms with Crippen molar-refractivity contribution in [1.82, 2.24) is 4.90 Å². The molecule has 1 aromatic carbocycles. The summed E-state index contributed by atoms with van der Waals surface area (Å²) in [6, 6.07) is 4.10. The van der Waals surface area contributed by atoms with E-state index in [2.05, 4.69) is 4.90 Å². The first-order valence-electron chi connectivity index (χ1n) is 7.69. The molecule has 0 radical (unpaired) electrons. The minimum atomic E-state index is -0.691. The molecule has 0 aliphatic carbocycles. The molecule has 132 valence electrons. The number of fused-ring (bicyclic) bond motifs is 1. The Kier molecular flexibility index (Phi) is 7.25. The van der Waals surface area contributed by atoms with Gasteiger partial charge in [-0.3, -0.25) is 9.69 Å². The second-order valence-corrected chi connectivity index (χ2v) is 5.10. The lowest BCUT2D eigenvalue weighted by molar-refractivity contribution is 0.0490.